The Morgan fingerprint density at radius 2 is 1.33 bits per heavy atom. The maximum absolute atomic E-state index is 12.5. The molecule has 0 saturated heterocycles. The Morgan fingerprint density at radius 1 is 0.767 bits per heavy atom. The van der Waals surface area contributed by atoms with Gasteiger partial charge in [0.2, 0.25) is 0 Å². The molecular formula is C21H21N3O4S2. The number of nitrogens with one attached hydrogen (secondary N) is 3. The number of hydrogen-bond acceptors (Lipinski definition) is 5. The molecule has 3 N–H and O–H groups in total. The summed E-state index contributed by atoms with van der Waals surface area (Å²) in [7, 11) is -0.543. The molecule has 0 radical (unpaired) electrons. The average molecular weight is 444 g/mol. The number of rotatable bonds is 7. The van der Waals surface area contributed by atoms with Gasteiger partial charge in [0.1, 0.15) is 11.5 Å². The molecule has 0 atom stereocenters. The van der Waals surface area contributed by atoms with Crippen molar-refractivity contribution in [1.82, 2.24) is 0 Å². The highest BCUT2D eigenvalue weighted by atomic mass is 32.2. The zero-order chi connectivity index (χ0) is 21.6. The van der Waals surface area contributed by atoms with Crippen molar-refractivity contribution in [3.8, 4) is 11.5 Å². The molecule has 0 amide bonds. The maximum Gasteiger partial charge on any atom is 0.261 e. The highest BCUT2D eigenvalue weighted by molar-refractivity contribution is 7.92. The van der Waals surface area contributed by atoms with Crippen molar-refractivity contribution in [2.45, 2.75) is 4.90 Å². The van der Waals surface area contributed by atoms with Gasteiger partial charge in [-0.25, -0.2) is 8.42 Å². The first-order valence-electron chi connectivity index (χ1n) is 8.88. The molecule has 156 valence electrons. The summed E-state index contributed by atoms with van der Waals surface area (Å²) in [5.41, 5.74) is 1.83. The van der Waals surface area contributed by atoms with E-state index in [1.807, 2.05) is 6.07 Å². The van der Waals surface area contributed by atoms with Crippen molar-refractivity contribution in [3.05, 3.63) is 72.8 Å². The van der Waals surface area contributed by atoms with E-state index in [1.165, 1.54) is 12.1 Å². The molecule has 7 nitrogen and oxygen atoms in total. The molecule has 0 fully saturated rings. The second-order valence-electron chi connectivity index (χ2n) is 6.18. The van der Waals surface area contributed by atoms with Crippen molar-refractivity contribution in [3.63, 3.8) is 0 Å². The van der Waals surface area contributed by atoms with Gasteiger partial charge in [-0.05, 0) is 48.6 Å². The van der Waals surface area contributed by atoms with Gasteiger partial charge in [0.25, 0.3) is 10.0 Å². The van der Waals surface area contributed by atoms with E-state index in [9.17, 15) is 8.42 Å². The number of hydrogen-bond donors (Lipinski definition) is 3. The van der Waals surface area contributed by atoms with Gasteiger partial charge in [-0.3, -0.25) is 4.72 Å². The predicted molar refractivity (Wildman–Crippen MR) is 123 cm³/mol. The third-order valence-electron chi connectivity index (χ3n) is 4.06. The van der Waals surface area contributed by atoms with Crippen LogP contribution in [0, 0.1) is 0 Å². The number of methoxy groups -OCH3 is 2. The largest absolute Gasteiger partial charge is 0.497 e. The first-order valence-corrected chi connectivity index (χ1v) is 10.8. The molecule has 3 aromatic carbocycles. The summed E-state index contributed by atoms with van der Waals surface area (Å²) in [4.78, 5) is 0.147. The van der Waals surface area contributed by atoms with Gasteiger partial charge in [-0.1, -0.05) is 18.2 Å². The lowest BCUT2D eigenvalue weighted by molar-refractivity contribution is 0.395. The molecule has 0 bridgehead atoms. The van der Waals surface area contributed by atoms with Crippen LogP contribution in [0.25, 0.3) is 0 Å². The number of para-hydroxylation sites is 1. The van der Waals surface area contributed by atoms with Crippen LogP contribution in [-0.2, 0) is 10.0 Å². The number of sulfonamides is 1. The second-order valence-corrected chi connectivity index (χ2v) is 8.27. The van der Waals surface area contributed by atoms with Crippen molar-refractivity contribution in [2.24, 2.45) is 0 Å². The fourth-order valence-electron chi connectivity index (χ4n) is 2.61. The minimum Gasteiger partial charge on any atom is -0.497 e. The Labute approximate surface area is 181 Å². The van der Waals surface area contributed by atoms with Gasteiger partial charge in [0.05, 0.1) is 19.1 Å². The lowest BCUT2D eigenvalue weighted by atomic mass is 10.3. The molecule has 0 aliphatic carbocycles. The third kappa shape index (κ3) is 5.62. The van der Waals surface area contributed by atoms with E-state index in [-0.39, 0.29) is 4.90 Å². The van der Waals surface area contributed by atoms with Crippen LogP contribution in [0.4, 0.5) is 17.1 Å². The minimum absolute atomic E-state index is 0.147. The van der Waals surface area contributed by atoms with Crippen LogP contribution in [0.5, 0.6) is 11.5 Å². The van der Waals surface area contributed by atoms with E-state index in [4.69, 9.17) is 21.7 Å². The van der Waals surface area contributed by atoms with Crippen molar-refractivity contribution < 1.29 is 17.9 Å². The van der Waals surface area contributed by atoms with Crippen LogP contribution in [0.3, 0.4) is 0 Å². The SMILES string of the molecule is COc1cc(NC(=S)Nc2ccc(S(=O)(=O)Nc3ccccc3)cc2)cc(OC)c1. The van der Waals surface area contributed by atoms with Gasteiger partial charge in [0.15, 0.2) is 5.11 Å². The number of thiocarbonyl (C=S) groups is 1. The quantitative estimate of drug-likeness (QED) is 0.469. The fourth-order valence-corrected chi connectivity index (χ4v) is 3.91. The number of ether oxygens (including phenoxy) is 2. The molecule has 0 saturated carbocycles. The Kier molecular flexibility index (Phi) is 6.76. The van der Waals surface area contributed by atoms with Crippen LogP contribution < -0.4 is 24.8 Å². The predicted octanol–water partition coefficient (Wildman–Crippen LogP) is 4.31. The van der Waals surface area contributed by atoms with Crippen LogP contribution >= 0.6 is 12.2 Å². The summed E-state index contributed by atoms with van der Waals surface area (Å²) >= 11 is 5.34. The maximum atomic E-state index is 12.5. The highest BCUT2D eigenvalue weighted by Gasteiger charge is 2.14. The van der Waals surface area contributed by atoms with E-state index in [0.29, 0.717) is 33.7 Å². The standard InChI is InChI=1S/C21H21N3O4S2/c1-27-18-12-17(13-19(14-18)28-2)23-21(29)22-15-8-10-20(11-9-15)30(25,26)24-16-6-4-3-5-7-16/h3-14,24H,1-2H3,(H2,22,23,29). The van der Waals surface area contributed by atoms with Crippen molar-refractivity contribution in [2.75, 3.05) is 29.6 Å². The van der Waals surface area contributed by atoms with Crippen LogP contribution in [0.2, 0.25) is 0 Å². The molecule has 0 heterocycles. The summed E-state index contributed by atoms with van der Waals surface area (Å²) in [6.07, 6.45) is 0. The van der Waals surface area contributed by atoms with Gasteiger partial charge in [0, 0.05) is 35.3 Å². The molecule has 0 unspecified atom stereocenters. The first-order chi connectivity index (χ1) is 14.4. The molecule has 0 aliphatic heterocycles. The van der Waals surface area contributed by atoms with E-state index in [0.717, 1.165) is 0 Å². The molecule has 30 heavy (non-hydrogen) atoms. The van der Waals surface area contributed by atoms with Gasteiger partial charge < -0.3 is 20.1 Å². The topological polar surface area (TPSA) is 88.7 Å². The monoisotopic (exact) mass is 443 g/mol. The van der Waals surface area contributed by atoms with Crippen molar-refractivity contribution >= 4 is 44.4 Å². The lowest BCUT2D eigenvalue weighted by Gasteiger charge is -2.13. The summed E-state index contributed by atoms with van der Waals surface area (Å²) in [6.45, 7) is 0. The zero-order valence-corrected chi connectivity index (χ0v) is 18.0. The summed E-state index contributed by atoms with van der Waals surface area (Å²) in [5.74, 6) is 1.25. The highest BCUT2D eigenvalue weighted by Crippen LogP contribution is 2.26. The Bertz CT molecular complexity index is 1100. The van der Waals surface area contributed by atoms with E-state index in [1.54, 1.807) is 68.8 Å². The smallest absolute Gasteiger partial charge is 0.261 e. The molecule has 3 rings (SSSR count). The molecule has 0 aliphatic rings. The number of benzene rings is 3. The minimum atomic E-state index is -3.68. The average Bonchev–Trinajstić information content (AvgIpc) is 2.74. The second kappa shape index (κ2) is 9.47. The zero-order valence-electron chi connectivity index (χ0n) is 16.4. The number of anilines is 3. The fraction of sp³-hybridized carbons (Fsp3) is 0.0952. The van der Waals surface area contributed by atoms with Crippen molar-refractivity contribution in [1.29, 1.82) is 0 Å². The van der Waals surface area contributed by atoms with Crippen LogP contribution in [0.15, 0.2) is 77.7 Å². The molecule has 0 aromatic heterocycles. The normalized spacial score (nSPS) is 10.7. The summed E-state index contributed by atoms with van der Waals surface area (Å²) in [5, 5.41) is 6.40. The Morgan fingerprint density at radius 3 is 1.90 bits per heavy atom. The van der Waals surface area contributed by atoms with Crippen LogP contribution in [-0.4, -0.2) is 27.7 Å². The van der Waals surface area contributed by atoms with Gasteiger partial charge >= 0.3 is 0 Å². The Balaban J connectivity index is 1.66. The molecule has 0 spiro atoms. The van der Waals surface area contributed by atoms with Crippen LogP contribution in [0.1, 0.15) is 0 Å². The molecular weight excluding hydrogens is 422 g/mol. The Hall–Kier alpha value is -3.30. The lowest BCUT2D eigenvalue weighted by Crippen LogP contribution is -2.19. The summed E-state index contributed by atoms with van der Waals surface area (Å²) in [6, 6.07) is 20.3. The van der Waals surface area contributed by atoms with Gasteiger partial charge in [-0.15, -0.1) is 0 Å². The third-order valence-corrected chi connectivity index (χ3v) is 5.66. The van der Waals surface area contributed by atoms with E-state index >= 15 is 0 Å². The molecule has 3 aromatic rings. The summed E-state index contributed by atoms with van der Waals surface area (Å²) < 4.78 is 38.0. The first kappa shape index (κ1) is 21.4. The van der Waals surface area contributed by atoms with Gasteiger partial charge in [-0.2, -0.15) is 0 Å². The van der Waals surface area contributed by atoms with E-state index < -0.39 is 10.0 Å². The van der Waals surface area contributed by atoms with E-state index in [2.05, 4.69) is 15.4 Å². The molecule has 9 heteroatoms.